The van der Waals surface area contributed by atoms with Gasteiger partial charge in [0, 0.05) is 71.5 Å². The number of nitrogens with zero attached hydrogens (tertiary/aromatic N) is 4. The average Bonchev–Trinajstić information content (AvgIpc) is 2.67. The number of aryl methyl sites for hydroxylation is 1. The monoisotopic (exact) mass is 358 g/mol. The number of piperidine rings is 1. The quantitative estimate of drug-likeness (QED) is 0.806. The molecule has 3 rings (SSSR count). The third-order valence-electron chi connectivity index (χ3n) is 5.91. The van der Waals surface area contributed by atoms with E-state index in [0.717, 1.165) is 45.8 Å². The van der Waals surface area contributed by atoms with Crippen LogP contribution in [-0.2, 0) is 4.79 Å². The lowest BCUT2D eigenvalue weighted by Gasteiger charge is -2.44. The summed E-state index contributed by atoms with van der Waals surface area (Å²) in [6, 6.07) is 9.36. The lowest BCUT2D eigenvalue weighted by Crippen LogP contribution is -2.55. The fourth-order valence-corrected chi connectivity index (χ4v) is 4.26. The van der Waals surface area contributed by atoms with Gasteiger partial charge in [-0.3, -0.25) is 9.69 Å². The molecule has 26 heavy (non-hydrogen) atoms. The first-order chi connectivity index (χ1) is 12.5. The maximum absolute atomic E-state index is 11.9. The van der Waals surface area contributed by atoms with Crippen LogP contribution in [0.1, 0.15) is 24.8 Å². The molecule has 0 aromatic heterocycles. The van der Waals surface area contributed by atoms with Crippen LogP contribution >= 0.6 is 0 Å². The van der Waals surface area contributed by atoms with E-state index in [1.807, 2.05) is 14.1 Å². The molecule has 2 aliphatic heterocycles. The summed E-state index contributed by atoms with van der Waals surface area (Å²) in [5.74, 6) is 0.235. The van der Waals surface area contributed by atoms with Crippen molar-refractivity contribution in [2.45, 2.75) is 32.2 Å². The third-order valence-corrected chi connectivity index (χ3v) is 5.91. The molecule has 2 aliphatic rings. The molecule has 2 saturated heterocycles. The number of anilines is 1. The molecule has 5 heteroatoms. The number of hydrogen-bond donors (Lipinski definition) is 0. The largest absolute Gasteiger partial charge is 0.369 e. The van der Waals surface area contributed by atoms with Crippen LogP contribution in [0.15, 0.2) is 24.3 Å². The first-order valence-corrected chi connectivity index (χ1v) is 10.0. The molecule has 2 fully saturated rings. The van der Waals surface area contributed by atoms with Crippen LogP contribution < -0.4 is 4.90 Å². The highest BCUT2D eigenvalue weighted by atomic mass is 16.2. The summed E-state index contributed by atoms with van der Waals surface area (Å²) in [5.41, 5.74) is 2.76. The molecule has 0 aliphatic carbocycles. The minimum atomic E-state index is 0.235. The molecule has 1 atom stereocenters. The van der Waals surface area contributed by atoms with Crippen molar-refractivity contribution in [3.8, 4) is 0 Å². The van der Waals surface area contributed by atoms with Gasteiger partial charge in [0.1, 0.15) is 0 Å². The number of carbonyl (C=O) groups excluding carboxylic acids is 1. The Morgan fingerprint density at radius 3 is 2.54 bits per heavy atom. The molecular formula is C21H34N4O. The Hall–Kier alpha value is -1.59. The van der Waals surface area contributed by atoms with E-state index in [-0.39, 0.29) is 5.91 Å². The summed E-state index contributed by atoms with van der Waals surface area (Å²) in [6.45, 7) is 9.87. The Kier molecular flexibility index (Phi) is 6.54. The molecule has 0 unspecified atom stereocenters. The molecule has 0 spiro atoms. The summed E-state index contributed by atoms with van der Waals surface area (Å²) >= 11 is 0. The van der Waals surface area contributed by atoms with Crippen LogP contribution in [0.4, 0.5) is 5.69 Å². The highest BCUT2D eigenvalue weighted by molar-refractivity contribution is 5.75. The first kappa shape index (κ1) is 19.2. The molecule has 5 nitrogen and oxygen atoms in total. The molecule has 1 amide bonds. The second kappa shape index (κ2) is 8.87. The van der Waals surface area contributed by atoms with Gasteiger partial charge in [-0.25, -0.2) is 0 Å². The van der Waals surface area contributed by atoms with Gasteiger partial charge < -0.3 is 14.7 Å². The minimum Gasteiger partial charge on any atom is -0.369 e. The van der Waals surface area contributed by atoms with E-state index in [1.165, 1.54) is 24.1 Å². The van der Waals surface area contributed by atoms with Crippen LogP contribution in [0.2, 0.25) is 0 Å². The van der Waals surface area contributed by atoms with E-state index in [1.54, 1.807) is 4.90 Å². The SMILES string of the molecule is Cc1ccccc1N1CCN([C@@H]2CCCN(CCC(=O)N(C)C)C2)CC1. The van der Waals surface area contributed by atoms with Gasteiger partial charge in [0.15, 0.2) is 0 Å². The van der Waals surface area contributed by atoms with Crippen LogP contribution in [0.25, 0.3) is 0 Å². The molecule has 0 radical (unpaired) electrons. The first-order valence-electron chi connectivity index (χ1n) is 10.0. The Morgan fingerprint density at radius 2 is 1.85 bits per heavy atom. The van der Waals surface area contributed by atoms with Crippen molar-refractivity contribution in [2.75, 3.05) is 64.8 Å². The van der Waals surface area contributed by atoms with E-state index in [9.17, 15) is 4.79 Å². The van der Waals surface area contributed by atoms with Gasteiger partial charge in [0.25, 0.3) is 0 Å². The van der Waals surface area contributed by atoms with E-state index in [0.29, 0.717) is 12.5 Å². The van der Waals surface area contributed by atoms with Crippen molar-refractivity contribution in [1.82, 2.24) is 14.7 Å². The molecule has 144 valence electrons. The van der Waals surface area contributed by atoms with Crippen molar-refractivity contribution in [2.24, 2.45) is 0 Å². The zero-order chi connectivity index (χ0) is 18.5. The second-order valence-electron chi connectivity index (χ2n) is 7.94. The van der Waals surface area contributed by atoms with Gasteiger partial charge in [-0.1, -0.05) is 18.2 Å². The van der Waals surface area contributed by atoms with Crippen LogP contribution in [0.5, 0.6) is 0 Å². The highest BCUT2D eigenvalue weighted by Gasteiger charge is 2.28. The Labute approximate surface area is 158 Å². The van der Waals surface area contributed by atoms with Crippen molar-refractivity contribution in [3.63, 3.8) is 0 Å². The predicted molar refractivity (Wildman–Crippen MR) is 108 cm³/mol. The Morgan fingerprint density at radius 1 is 1.12 bits per heavy atom. The molecule has 0 saturated carbocycles. The summed E-state index contributed by atoms with van der Waals surface area (Å²) in [4.78, 5) is 21.2. The third kappa shape index (κ3) is 4.77. The summed E-state index contributed by atoms with van der Waals surface area (Å²) in [6.07, 6.45) is 3.18. The molecule has 1 aromatic carbocycles. The highest BCUT2D eigenvalue weighted by Crippen LogP contribution is 2.23. The van der Waals surface area contributed by atoms with Crippen molar-refractivity contribution in [1.29, 1.82) is 0 Å². The van der Waals surface area contributed by atoms with E-state index in [4.69, 9.17) is 0 Å². The lowest BCUT2D eigenvalue weighted by atomic mass is 10.0. The number of benzene rings is 1. The van der Waals surface area contributed by atoms with E-state index in [2.05, 4.69) is 45.9 Å². The molecule has 2 heterocycles. The number of piperazine rings is 1. The minimum absolute atomic E-state index is 0.235. The Bertz CT molecular complexity index is 595. The number of likely N-dealkylation sites (tertiary alicyclic amines) is 1. The van der Waals surface area contributed by atoms with Crippen LogP contribution in [0.3, 0.4) is 0 Å². The number of carbonyl (C=O) groups is 1. The second-order valence-corrected chi connectivity index (χ2v) is 7.94. The van der Waals surface area contributed by atoms with Crippen LogP contribution in [0, 0.1) is 6.92 Å². The van der Waals surface area contributed by atoms with Crippen LogP contribution in [-0.4, -0.2) is 86.6 Å². The normalized spacial score (nSPS) is 22.4. The smallest absolute Gasteiger partial charge is 0.223 e. The molecular weight excluding hydrogens is 324 g/mol. The number of para-hydroxylation sites is 1. The summed E-state index contributed by atoms with van der Waals surface area (Å²) in [7, 11) is 3.69. The van der Waals surface area contributed by atoms with Gasteiger partial charge in [-0.2, -0.15) is 0 Å². The van der Waals surface area contributed by atoms with Crippen molar-refractivity contribution >= 4 is 11.6 Å². The van der Waals surface area contributed by atoms with Gasteiger partial charge in [-0.15, -0.1) is 0 Å². The van der Waals surface area contributed by atoms with Crippen molar-refractivity contribution in [3.05, 3.63) is 29.8 Å². The van der Waals surface area contributed by atoms with E-state index < -0.39 is 0 Å². The van der Waals surface area contributed by atoms with Crippen molar-refractivity contribution < 1.29 is 4.79 Å². The maximum atomic E-state index is 11.9. The summed E-state index contributed by atoms with van der Waals surface area (Å²) < 4.78 is 0. The van der Waals surface area contributed by atoms with Gasteiger partial charge in [0.05, 0.1) is 0 Å². The summed E-state index contributed by atoms with van der Waals surface area (Å²) in [5, 5.41) is 0. The standard InChI is InChI=1S/C21H34N4O/c1-18-7-4-5-9-20(18)25-15-13-24(14-16-25)19-8-6-11-23(17-19)12-10-21(26)22(2)3/h4-5,7,9,19H,6,8,10-17H2,1-3H3/t19-/m1/s1. The zero-order valence-corrected chi connectivity index (χ0v) is 16.7. The molecule has 0 bridgehead atoms. The average molecular weight is 359 g/mol. The molecule has 0 N–H and O–H groups in total. The topological polar surface area (TPSA) is 30.0 Å². The lowest BCUT2D eigenvalue weighted by molar-refractivity contribution is -0.129. The fourth-order valence-electron chi connectivity index (χ4n) is 4.26. The number of hydrogen-bond acceptors (Lipinski definition) is 4. The van der Waals surface area contributed by atoms with Gasteiger partial charge in [-0.05, 0) is 37.9 Å². The van der Waals surface area contributed by atoms with E-state index >= 15 is 0 Å². The number of rotatable bonds is 5. The maximum Gasteiger partial charge on any atom is 0.223 e. The van der Waals surface area contributed by atoms with Gasteiger partial charge >= 0.3 is 0 Å². The number of amides is 1. The Balaban J connectivity index is 1.48. The molecule has 1 aromatic rings. The van der Waals surface area contributed by atoms with Gasteiger partial charge in [0.2, 0.25) is 5.91 Å². The zero-order valence-electron chi connectivity index (χ0n) is 16.7. The fraction of sp³-hybridized carbons (Fsp3) is 0.667. The predicted octanol–water partition coefficient (Wildman–Crippen LogP) is 2.06.